The van der Waals surface area contributed by atoms with Crippen LogP contribution in [0.1, 0.15) is 38.2 Å². The van der Waals surface area contributed by atoms with Gasteiger partial charge in [-0.3, -0.25) is 4.79 Å². The Kier molecular flexibility index (Phi) is 6.39. The fraction of sp³-hybridized carbons (Fsp3) is 0.588. The van der Waals surface area contributed by atoms with Crippen molar-refractivity contribution in [2.75, 3.05) is 6.54 Å². The number of carbonyl (C=O) groups excluding carboxylic acids is 1. The number of amides is 1. The number of halogens is 3. The highest BCUT2D eigenvalue weighted by Crippen LogP contribution is 2.36. The first-order valence-corrected chi connectivity index (χ1v) is 8.75. The summed E-state index contributed by atoms with van der Waals surface area (Å²) in [4.78, 5) is 12.1. The molecular weight excluding hydrogens is 323 g/mol. The second kappa shape index (κ2) is 8.08. The molecule has 1 aromatic rings. The zero-order valence-corrected chi connectivity index (χ0v) is 14.0. The van der Waals surface area contributed by atoms with Crippen molar-refractivity contribution in [3.05, 3.63) is 29.8 Å². The maximum Gasteiger partial charge on any atom is 0.446 e. The summed E-state index contributed by atoms with van der Waals surface area (Å²) in [6, 6.07) is 5.97. The zero-order chi connectivity index (χ0) is 16.9. The van der Waals surface area contributed by atoms with Gasteiger partial charge in [0.15, 0.2) is 0 Å². The lowest BCUT2D eigenvalue weighted by Gasteiger charge is -2.26. The Morgan fingerprint density at radius 2 is 1.78 bits per heavy atom. The van der Waals surface area contributed by atoms with E-state index in [4.69, 9.17) is 0 Å². The van der Waals surface area contributed by atoms with E-state index in [1.165, 1.54) is 25.0 Å². The maximum atomic E-state index is 12.3. The summed E-state index contributed by atoms with van der Waals surface area (Å²) in [7, 11) is 0. The van der Waals surface area contributed by atoms with E-state index in [-0.39, 0.29) is 29.0 Å². The first-order chi connectivity index (χ1) is 10.8. The van der Waals surface area contributed by atoms with Gasteiger partial charge in [-0.05, 0) is 54.1 Å². The largest absolute Gasteiger partial charge is 0.446 e. The average Bonchev–Trinajstić information content (AvgIpc) is 2.47. The van der Waals surface area contributed by atoms with Gasteiger partial charge in [0.25, 0.3) is 0 Å². The van der Waals surface area contributed by atoms with Crippen LogP contribution in [0, 0.1) is 11.8 Å². The van der Waals surface area contributed by atoms with Crippen LogP contribution < -0.4 is 5.32 Å². The summed E-state index contributed by atoms with van der Waals surface area (Å²) >= 11 is -0.143. The number of benzene rings is 1. The fourth-order valence-corrected chi connectivity index (χ4v) is 3.39. The van der Waals surface area contributed by atoms with Crippen LogP contribution in [0.2, 0.25) is 0 Å². The molecule has 0 bridgehead atoms. The van der Waals surface area contributed by atoms with Gasteiger partial charge in [0.2, 0.25) is 5.91 Å². The third-order valence-corrected chi connectivity index (χ3v) is 4.98. The molecule has 0 unspecified atom stereocenters. The molecule has 128 valence electrons. The molecule has 1 aromatic carbocycles. The lowest BCUT2D eigenvalue weighted by atomic mass is 9.83. The topological polar surface area (TPSA) is 29.1 Å². The summed E-state index contributed by atoms with van der Waals surface area (Å²) in [6.45, 7) is 2.96. The van der Waals surface area contributed by atoms with Crippen LogP contribution >= 0.6 is 11.8 Å². The van der Waals surface area contributed by atoms with Crippen LogP contribution in [0.4, 0.5) is 13.2 Å². The van der Waals surface area contributed by atoms with E-state index >= 15 is 0 Å². The Morgan fingerprint density at radius 3 is 2.35 bits per heavy atom. The van der Waals surface area contributed by atoms with Crippen molar-refractivity contribution in [3.8, 4) is 0 Å². The van der Waals surface area contributed by atoms with Gasteiger partial charge in [-0.15, -0.1) is 0 Å². The monoisotopic (exact) mass is 345 g/mol. The van der Waals surface area contributed by atoms with Gasteiger partial charge in [0, 0.05) is 11.4 Å². The molecular formula is C17H22F3NOS. The Hall–Kier alpha value is -1.17. The Bertz CT molecular complexity index is 508. The first-order valence-electron chi connectivity index (χ1n) is 7.93. The van der Waals surface area contributed by atoms with Crippen LogP contribution in [0.15, 0.2) is 29.2 Å². The van der Waals surface area contributed by atoms with Gasteiger partial charge in [-0.1, -0.05) is 31.9 Å². The molecule has 23 heavy (non-hydrogen) atoms. The minimum absolute atomic E-state index is 0.0696. The van der Waals surface area contributed by atoms with Crippen LogP contribution in [0.5, 0.6) is 0 Å². The highest BCUT2D eigenvalue weighted by molar-refractivity contribution is 8.00. The molecule has 0 spiro atoms. The highest BCUT2D eigenvalue weighted by atomic mass is 32.2. The van der Waals surface area contributed by atoms with Crippen molar-refractivity contribution in [1.29, 1.82) is 0 Å². The van der Waals surface area contributed by atoms with Gasteiger partial charge in [-0.2, -0.15) is 13.2 Å². The van der Waals surface area contributed by atoms with E-state index < -0.39 is 5.51 Å². The molecule has 0 atom stereocenters. The molecule has 1 aliphatic carbocycles. The second-order valence-corrected chi connectivity index (χ2v) is 7.44. The number of thioether (sulfide) groups is 1. The molecule has 0 aromatic heterocycles. The van der Waals surface area contributed by atoms with Crippen LogP contribution in [0.3, 0.4) is 0 Å². The number of carbonyl (C=O) groups is 1. The van der Waals surface area contributed by atoms with Gasteiger partial charge in [-0.25, -0.2) is 0 Å². The lowest BCUT2D eigenvalue weighted by Crippen LogP contribution is -2.32. The predicted molar refractivity (Wildman–Crippen MR) is 86.2 cm³/mol. The molecule has 1 aliphatic rings. The van der Waals surface area contributed by atoms with E-state index in [1.54, 1.807) is 12.1 Å². The van der Waals surface area contributed by atoms with E-state index in [1.807, 2.05) is 0 Å². The second-order valence-electron chi connectivity index (χ2n) is 6.30. The third-order valence-electron chi connectivity index (χ3n) is 4.24. The van der Waals surface area contributed by atoms with Crippen molar-refractivity contribution in [2.24, 2.45) is 11.8 Å². The molecule has 0 radical (unpaired) electrons. The number of hydrogen-bond acceptors (Lipinski definition) is 2. The highest BCUT2D eigenvalue weighted by Gasteiger charge is 2.29. The van der Waals surface area contributed by atoms with Gasteiger partial charge < -0.3 is 5.32 Å². The molecule has 2 nitrogen and oxygen atoms in total. The van der Waals surface area contributed by atoms with Crippen molar-refractivity contribution in [3.63, 3.8) is 0 Å². The quantitative estimate of drug-likeness (QED) is 0.778. The van der Waals surface area contributed by atoms with Crippen molar-refractivity contribution in [2.45, 2.75) is 49.4 Å². The van der Waals surface area contributed by atoms with Gasteiger partial charge in [0.1, 0.15) is 0 Å². The number of alkyl halides is 3. The molecule has 1 N–H and O–H groups in total. The maximum absolute atomic E-state index is 12.3. The number of nitrogens with one attached hydrogen (secondary N) is 1. The van der Waals surface area contributed by atoms with Gasteiger partial charge >= 0.3 is 5.51 Å². The number of rotatable bonds is 5. The first kappa shape index (κ1) is 18.2. The SMILES string of the molecule is CC1CCC(CNC(=O)Cc2ccc(SC(F)(F)F)cc2)CC1. The number of hydrogen-bond donors (Lipinski definition) is 1. The third kappa shape index (κ3) is 6.85. The Balaban J connectivity index is 1.74. The fourth-order valence-electron chi connectivity index (χ4n) is 2.85. The lowest BCUT2D eigenvalue weighted by molar-refractivity contribution is -0.120. The molecule has 6 heteroatoms. The van der Waals surface area contributed by atoms with Crippen molar-refractivity contribution < 1.29 is 18.0 Å². The van der Waals surface area contributed by atoms with Crippen LogP contribution in [-0.2, 0) is 11.2 Å². The minimum atomic E-state index is -4.28. The summed E-state index contributed by atoms with van der Waals surface area (Å²) in [5.74, 6) is 1.27. The Labute approximate surface area is 139 Å². The molecule has 2 rings (SSSR count). The summed E-state index contributed by atoms with van der Waals surface area (Å²) in [6.07, 6.45) is 4.97. The van der Waals surface area contributed by atoms with Crippen molar-refractivity contribution >= 4 is 17.7 Å². The van der Waals surface area contributed by atoms with Gasteiger partial charge in [0.05, 0.1) is 6.42 Å². The summed E-state index contributed by atoms with van der Waals surface area (Å²) in [5, 5.41) is 2.94. The van der Waals surface area contributed by atoms with E-state index in [9.17, 15) is 18.0 Å². The Morgan fingerprint density at radius 1 is 1.17 bits per heavy atom. The summed E-state index contributed by atoms with van der Waals surface area (Å²) < 4.78 is 36.8. The molecule has 1 amide bonds. The van der Waals surface area contributed by atoms with Crippen LogP contribution in [-0.4, -0.2) is 18.0 Å². The summed E-state index contributed by atoms with van der Waals surface area (Å²) in [5.41, 5.74) is -3.55. The van der Waals surface area contributed by atoms with E-state index in [0.29, 0.717) is 12.5 Å². The molecule has 0 aliphatic heterocycles. The van der Waals surface area contributed by atoms with E-state index in [0.717, 1.165) is 24.3 Å². The molecule has 0 heterocycles. The zero-order valence-electron chi connectivity index (χ0n) is 13.2. The molecule has 1 saturated carbocycles. The smallest absolute Gasteiger partial charge is 0.356 e. The van der Waals surface area contributed by atoms with Crippen molar-refractivity contribution in [1.82, 2.24) is 5.32 Å². The molecule has 0 saturated heterocycles. The molecule has 1 fully saturated rings. The normalized spacial score (nSPS) is 21.9. The van der Waals surface area contributed by atoms with E-state index in [2.05, 4.69) is 12.2 Å². The standard InChI is InChI=1S/C17H22F3NOS/c1-12-2-4-14(5-3-12)11-21-16(22)10-13-6-8-15(9-7-13)23-17(18,19)20/h6-9,12,14H,2-5,10-11H2,1H3,(H,21,22). The average molecular weight is 345 g/mol. The van der Waals surface area contributed by atoms with Crippen LogP contribution in [0.25, 0.3) is 0 Å². The minimum Gasteiger partial charge on any atom is -0.356 e. The predicted octanol–water partition coefficient (Wildman–Crippen LogP) is 4.78.